The molecule has 3 amide bonds. The van der Waals surface area contributed by atoms with Crippen LogP contribution in [0.25, 0.3) is 0 Å². The second kappa shape index (κ2) is 11.7. The van der Waals surface area contributed by atoms with Crippen LogP contribution in [0.15, 0.2) is 48.5 Å². The summed E-state index contributed by atoms with van der Waals surface area (Å²) >= 11 is 5.79. The highest BCUT2D eigenvalue weighted by Gasteiger charge is 2.08. The number of rotatable bonds is 10. The van der Waals surface area contributed by atoms with E-state index in [4.69, 9.17) is 16.3 Å². The normalized spacial score (nSPS) is 10.1. The van der Waals surface area contributed by atoms with Gasteiger partial charge in [-0.1, -0.05) is 11.6 Å². The van der Waals surface area contributed by atoms with Gasteiger partial charge in [0.15, 0.2) is 0 Å². The number of halogens is 1. The zero-order valence-corrected chi connectivity index (χ0v) is 16.9. The van der Waals surface area contributed by atoms with Crippen LogP contribution >= 0.6 is 11.6 Å². The Morgan fingerprint density at radius 2 is 1.62 bits per heavy atom. The lowest BCUT2D eigenvalue weighted by Gasteiger charge is -2.08. The van der Waals surface area contributed by atoms with Gasteiger partial charge < -0.3 is 20.7 Å². The van der Waals surface area contributed by atoms with E-state index in [-0.39, 0.29) is 30.7 Å². The molecule has 3 N–H and O–H groups in total. The molecular weight excluding hydrogens is 394 g/mol. The van der Waals surface area contributed by atoms with Crippen molar-refractivity contribution in [2.24, 2.45) is 0 Å². The van der Waals surface area contributed by atoms with Crippen LogP contribution in [0, 0.1) is 0 Å². The summed E-state index contributed by atoms with van der Waals surface area (Å²) in [7, 11) is 0. The van der Waals surface area contributed by atoms with E-state index in [2.05, 4.69) is 16.0 Å². The van der Waals surface area contributed by atoms with E-state index >= 15 is 0 Å². The van der Waals surface area contributed by atoms with Crippen molar-refractivity contribution in [2.75, 3.05) is 25.0 Å². The van der Waals surface area contributed by atoms with Gasteiger partial charge in [0, 0.05) is 29.2 Å². The number of carbonyl (C=O) groups excluding carboxylic acids is 3. The van der Waals surface area contributed by atoms with Gasteiger partial charge in [-0.3, -0.25) is 14.4 Å². The molecule has 0 fully saturated rings. The molecule has 0 heterocycles. The number of nitrogens with one attached hydrogen (secondary N) is 3. The molecule has 0 saturated heterocycles. The van der Waals surface area contributed by atoms with E-state index in [9.17, 15) is 14.4 Å². The smallest absolute Gasteiger partial charge is 0.251 e. The molecule has 0 atom stereocenters. The van der Waals surface area contributed by atoms with Crippen molar-refractivity contribution >= 4 is 35.0 Å². The van der Waals surface area contributed by atoms with Gasteiger partial charge in [-0.05, 0) is 61.9 Å². The van der Waals surface area contributed by atoms with Crippen molar-refractivity contribution in [3.05, 3.63) is 59.1 Å². The maximum atomic E-state index is 12.0. The van der Waals surface area contributed by atoms with Crippen LogP contribution in [0.3, 0.4) is 0 Å². The molecule has 29 heavy (non-hydrogen) atoms. The molecule has 2 aromatic rings. The monoisotopic (exact) mass is 417 g/mol. The predicted octanol–water partition coefficient (Wildman–Crippen LogP) is 3.00. The summed E-state index contributed by atoms with van der Waals surface area (Å²) in [5.41, 5.74) is 1.11. The Balaban J connectivity index is 1.61. The average molecular weight is 418 g/mol. The second-order valence-corrected chi connectivity index (χ2v) is 6.59. The summed E-state index contributed by atoms with van der Waals surface area (Å²) < 4.78 is 5.32. The van der Waals surface area contributed by atoms with E-state index in [0.29, 0.717) is 41.6 Å². The van der Waals surface area contributed by atoms with Crippen LogP contribution in [-0.2, 0) is 9.59 Å². The summed E-state index contributed by atoms with van der Waals surface area (Å²) in [6, 6.07) is 13.5. The van der Waals surface area contributed by atoms with Crippen molar-refractivity contribution in [1.29, 1.82) is 0 Å². The Morgan fingerprint density at radius 1 is 0.931 bits per heavy atom. The number of ether oxygens (including phenoxy) is 1. The first-order valence-corrected chi connectivity index (χ1v) is 9.69. The zero-order chi connectivity index (χ0) is 21.1. The first kappa shape index (κ1) is 22.2. The molecule has 8 heteroatoms. The maximum Gasteiger partial charge on any atom is 0.251 e. The van der Waals surface area contributed by atoms with Crippen molar-refractivity contribution in [1.82, 2.24) is 10.6 Å². The van der Waals surface area contributed by atoms with Gasteiger partial charge in [0.1, 0.15) is 5.75 Å². The molecule has 0 aliphatic rings. The largest absolute Gasteiger partial charge is 0.494 e. The summed E-state index contributed by atoms with van der Waals surface area (Å²) in [5.74, 6) is -0.125. The highest BCUT2D eigenvalue weighted by molar-refractivity contribution is 6.30. The summed E-state index contributed by atoms with van der Waals surface area (Å²) in [5, 5.41) is 8.57. The molecule has 0 radical (unpaired) electrons. The predicted molar refractivity (Wildman–Crippen MR) is 112 cm³/mol. The Morgan fingerprint density at radius 3 is 2.28 bits per heavy atom. The van der Waals surface area contributed by atoms with E-state index in [1.807, 2.05) is 6.92 Å². The van der Waals surface area contributed by atoms with Gasteiger partial charge in [0.05, 0.1) is 13.2 Å². The average Bonchev–Trinajstić information content (AvgIpc) is 2.72. The van der Waals surface area contributed by atoms with Crippen LogP contribution in [0.2, 0.25) is 5.02 Å². The van der Waals surface area contributed by atoms with Crippen molar-refractivity contribution < 1.29 is 19.1 Å². The van der Waals surface area contributed by atoms with Crippen LogP contribution < -0.4 is 20.7 Å². The fourth-order valence-corrected chi connectivity index (χ4v) is 2.55. The fourth-order valence-electron chi connectivity index (χ4n) is 2.43. The molecule has 0 spiro atoms. The van der Waals surface area contributed by atoms with Gasteiger partial charge in [0.25, 0.3) is 5.91 Å². The number of hydrogen-bond donors (Lipinski definition) is 3. The second-order valence-electron chi connectivity index (χ2n) is 6.15. The lowest BCUT2D eigenvalue weighted by atomic mass is 10.2. The molecule has 0 aliphatic carbocycles. The van der Waals surface area contributed by atoms with Crippen LogP contribution in [-0.4, -0.2) is 37.4 Å². The van der Waals surface area contributed by atoms with Gasteiger partial charge in [0.2, 0.25) is 11.8 Å². The minimum absolute atomic E-state index is 0.136. The molecule has 0 unspecified atom stereocenters. The fraction of sp³-hybridized carbons (Fsp3) is 0.286. The Bertz CT molecular complexity index is 823. The highest BCUT2D eigenvalue weighted by Crippen LogP contribution is 2.14. The van der Waals surface area contributed by atoms with E-state index in [1.165, 1.54) is 0 Å². The highest BCUT2D eigenvalue weighted by atomic mass is 35.5. The van der Waals surface area contributed by atoms with Gasteiger partial charge in [-0.15, -0.1) is 0 Å². The van der Waals surface area contributed by atoms with Crippen molar-refractivity contribution in [3.63, 3.8) is 0 Å². The molecule has 2 aromatic carbocycles. The van der Waals surface area contributed by atoms with Gasteiger partial charge in [-0.25, -0.2) is 0 Å². The number of benzene rings is 2. The maximum absolute atomic E-state index is 12.0. The Hall–Kier alpha value is -3.06. The van der Waals surface area contributed by atoms with E-state index < -0.39 is 0 Å². The third-order valence-corrected chi connectivity index (χ3v) is 4.12. The minimum Gasteiger partial charge on any atom is -0.494 e. The summed E-state index contributed by atoms with van der Waals surface area (Å²) in [4.78, 5) is 35.7. The molecule has 0 aliphatic heterocycles. The standard InChI is InChI=1S/C21H24ClN3O4/c1-2-29-18-11-5-15(6-12-18)21(28)24-14-20(27)23-13-3-4-19(26)25-17-9-7-16(22)8-10-17/h5-12H,2-4,13-14H2,1H3,(H,23,27)(H,24,28)(H,25,26). The quantitative estimate of drug-likeness (QED) is 0.518. The molecule has 0 aromatic heterocycles. The number of carbonyl (C=O) groups is 3. The molecule has 154 valence electrons. The molecule has 7 nitrogen and oxygen atoms in total. The lowest BCUT2D eigenvalue weighted by Crippen LogP contribution is -2.37. The molecular formula is C21H24ClN3O4. The van der Waals surface area contributed by atoms with Crippen LogP contribution in [0.1, 0.15) is 30.1 Å². The topological polar surface area (TPSA) is 96.5 Å². The molecule has 0 saturated carbocycles. The lowest BCUT2D eigenvalue weighted by molar-refractivity contribution is -0.120. The minimum atomic E-state index is -0.342. The summed E-state index contributed by atoms with van der Waals surface area (Å²) in [6.45, 7) is 2.63. The van der Waals surface area contributed by atoms with Crippen LogP contribution in [0.4, 0.5) is 5.69 Å². The Labute approximate surface area is 174 Å². The van der Waals surface area contributed by atoms with E-state index in [1.54, 1.807) is 48.5 Å². The van der Waals surface area contributed by atoms with Gasteiger partial charge in [-0.2, -0.15) is 0 Å². The van der Waals surface area contributed by atoms with E-state index in [0.717, 1.165) is 0 Å². The Kier molecular flexibility index (Phi) is 8.98. The SMILES string of the molecule is CCOc1ccc(C(=O)NCC(=O)NCCCC(=O)Nc2ccc(Cl)cc2)cc1. The third kappa shape index (κ3) is 8.23. The first-order chi connectivity index (χ1) is 14.0. The van der Waals surface area contributed by atoms with Crippen molar-refractivity contribution in [2.45, 2.75) is 19.8 Å². The van der Waals surface area contributed by atoms with Crippen molar-refractivity contribution in [3.8, 4) is 5.75 Å². The first-order valence-electron chi connectivity index (χ1n) is 9.31. The molecule has 2 rings (SSSR count). The zero-order valence-electron chi connectivity index (χ0n) is 16.2. The number of anilines is 1. The number of amides is 3. The summed E-state index contributed by atoms with van der Waals surface area (Å²) in [6.07, 6.45) is 0.749. The van der Waals surface area contributed by atoms with Gasteiger partial charge >= 0.3 is 0 Å². The third-order valence-electron chi connectivity index (χ3n) is 3.87. The molecule has 0 bridgehead atoms. The van der Waals surface area contributed by atoms with Crippen LogP contribution in [0.5, 0.6) is 5.75 Å². The number of hydrogen-bond acceptors (Lipinski definition) is 4.